The summed E-state index contributed by atoms with van der Waals surface area (Å²) in [5.74, 6) is -0.861. The number of hydrogen-bond acceptors (Lipinski definition) is 16. The number of fused-ring (bicyclic) bond motifs is 2. The summed E-state index contributed by atoms with van der Waals surface area (Å²) in [5, 5.41) is 26.9. The van der Waals surface area contributed by atoms with Crippen molar-refractivity contribution in [1.29, 1.82) is 0 Å². The zero-order valence-electron chi connectivity index (χ0n) is 44.0. The van der Waals surface area contributed by atoms with Gasteiger partial charge in [0.25, 0.3) is 21.6 Å². The van der Waals surface area contributed by atoms with Crippen molar-refractivity contribution in [1.82, 2.24) is 29.5 Å². The zero-order valence-corrected chi connectivity index (χ0v) is 44.8. The van der Waals surface area contributed by atoms with Gasteiger partial charge in [0.05, 0.1) is 28.4 Å². The number of H-pyrrole nitrogens is 1. The topological polar surface area (TPSA) is 227 Å². The molecule has 19 nitrogen and oxygen atoms in total. The van der Waals surface area contributed by atoms with Crippen LogP contribution in [-0.2, 0) is 21.3 Å². The molecule has 6 aromatic rings. The van der Waals surface area contributed by atoms with Crippen LogP contribution < -0.4 is 29.1 Å². The molecule has 2 atom stereocenters. The number of rotatable bonds is 16. The van der Waals surface area contributed by atoms with E-state index in [1.54, 1.807) is 44.5 Å². The average molecular weight is 1070 g/mol. The number of sulfonamides is 1. The maximum absolute atomic E-state index is 14.3. The molecule has 6 heterocycles. The minimum Gasteiger partial charge on any atom is -0.455 e. The van der Waals surface area contributed by atoms with Gasteiger partial charge in [-0.15, -0.1) is 0 Å². The Hall–Kier alpha value is -6.84. The summed E-state index contributed by atoms with van der Waals surface area (Å²) in [7, 11) is -3.05. The molecular weight excluding hydrogens is 1000 g/mol. The molecule has 3 aliphatic heterocycles. The molecular formula is C57H67N9O10S. The number of piperidine rings is 1. The van der Waals surface area contributed by atoms with Crippen LogP contribution in [0.5, 0.6) is 23.0 Å². The van der Waals surface area contributed by atoms with E-state index in [1.165, 1.54) is 22.9 Å². The van der Waals surface area contributed by atoms with E-state index in [4.69, 9.17) is 18.9 Å². The lowest BCUT2D eigenvalue weighted by Crippen LogP contribution is -2.60. The first-order valence-corrected chi connectivity index (χ1v) is 28.2. The predicted molar refractivity (Wildman–Crippen MR) is 290 cm³/mol. The summed E-state index contributed by atoms with van der Waals surface area (Å²) >= 11 is 0. The van der Waals surface area contributed by atoms with E-state index < -0.39 is 37.0 Å². The number of nitro benzene ring substituents is 1. The lowest BCUT2D eigenvalue weighted by Gasteiger charge is -2.58. The van der Waals surface area contributed by atoms with Crippen LogP contribution in [0.3, 0.4) is 0 Å². The molecule has 2 saturated carbocycles. The van der Waals surface area contributed by atoms with Gasteiger partial charge in [0.1, 0.15) is 22.0 Å². The standard InChI is InChI=1S/C57H67N9O10S/c1-36-9-10-39(31-59-36)33-63-23-24-65(48(34-63)45-8-6-5-7-44(45)37(2)73-4)42-28-57(29-42)18-21-64(22-19-57)41-11-12-46(49(26-41)76-43-25-40-15-20-58-54(40)61-32-43)55(67)62-77(71,72)50-27-47(66(69)70)51(53-52(50)74-35-75-53)60-30-38-13-16-56(3,68)17-14-38/h5-12,15,20,25-27,31-32,37-38,42,48,60,68H,13-14,16-19,21-24,28-30,33-35H2,1-4H3,(H,58,61)(H,62,67)/t37?,38?,48-,56?/m0/s1. The molecule has 5 aliphatic rings. The summed E-state index contributed by atoms with van der Waals surface area (Å²) in [6.45, 7) is 11.1. The summed E-state index contributed by atoms with van der Waals surface area (Å²) in [6.07, 6.45) is 12.0. The number of nitro groups is 1. The monoisotopic (exact) mass is 1070 g/mol. The van der Waals surface area contributed by atoms with Gasteiger partial charge in [-0.3, -0.25) is 29.7 Å². The molecule has 20 heteroatoms. The second kappa shape index (κ2) is 21.2. The Labute approximate surface area is 448 Å². The van der Waals surface area contributed by atoms with E-state index in [0.717, 1.165) is 87.8 Å². The van der Waals surface area contributed by atoms with Gasteiger partial charge in [0.15, 0.2) is 17.2 Å². The number of aryl methyl sites for hydroxylation is 1. The molecule has 3 aromatic carbocycles. The number of amides is 1. The quantitative estimate of drug-likeness (QED) is 0.0523. The van der Waals surface area contributed by atoms with E-state index in [-0.39, 0.29) is 58.8 Å². The van der Waals surface area contributed by atoms with Gasteiger partial charge >= 0.3 is 0 Å². The van der Waals surface area contributed by atoms with Crippen molar-refractivity contribution in [2.24, 2.45) is 11.3 Å². The molecule has 1 unspecified atom stereocenters. The largest absolute Gasteiger partial charge is 0.455 e. The Morgan fingerprint density at radius 1 is 0.974 bits per heavy atom. The van der Waals surface area contributed by atoms with Crippen LogP contribution in [0.1, 0.15) is 110 Å². The molecule has 4 N–H and O–H groups in total. The number of methoxy groups -OCH3 is 1. The number of anilines is 2. The van der Waals surface area contributed by atoms with Crippen LogP contribution in [0.25, 0.3) is 11.0 Å². The maximum Gasteiger partial charge on any atom is 0.297 e. The number of aliphatic hydroxyl groups is 1. The molecule has 2 aliphatic carbocycles. The number of hydrogen-bond donors (Lipinski definition) is 4. The number of pyridine rings is 2. The summed E-state index contributed by atoms with van der Waals surface area (Å²) < 4.78 is 54.3. The van der Waals surface area contributed by atoms with Crippen LogP contribution >= 0.6 is 0 Å². The van der Waals surface area contributed by atoms with Crippen molar-refractivity contribution >= 4 is 44.0 Å². The highest BCUT2D eigenvalue weighted by Crippen LogP contribution is 2.54. The lowest BCUT2D eigenvalue weighted by atomic mass is 9.59. The fraction of sp³-hybridized carbons (Fsp3) is 0.456. The Kier molecular flexibility index (Phi) is 14.4. The second-order valence-electron chi connectivity index (χ2n) is 22.1. The smallest absolute Gasteiger partial charge is 0.297 e. The van der Waals surface area contributed by atoms with Crippen molar-refractivity contribution in [3.63, 3.8) is 0 Å². The van der Waals surface area contributed by atoms with Crippen LogP contribution in [0.15, 0.2) is 96.3 Å². The molecule has 4 fully saturated rings. The highest BCUT2D eigenvalue weighted by atomic mass is 32.2. The van der Waals surface area contributed by atoms with Crippen LogP contribution in [-0.4, -0.2) is 114 Å². The van der Waals surface area contributed by atoms with Crippen LogP contribution in [0.2, 0.25) is 0 Å². The number of nitrogens with one attached hydrogen (secondary N) is 3. The third-order valence-electron chi connectivity index (χ3n) is 16.9. The second-order valence-corrected chi connectivity index (χ2v) is 23.7. The normalized spacial score (nSPS) is 22.2. The first kappa shape index (κ1) is 52.2. The van der Waals surface area contributed by atoms with Crippen LogP contribution in [0, 0.1) is 28.4 Å². The van der Waals surface area contributed by atoms with Gasteiger partial charge in [-0.25, -0.2) is 18.1 Å². The Bertz CT molecular complexity index is 3270. The first-order valence-electron chi connectivity index (χ1n) is 26.7. The number of nitrogens with zero attached hydrogens (tertiary/aromatic N) is 6. The molecule has 0 bridgehead atoms. The number of piperazine rings is 1. The third kappa shape index (κ3) is 10.9. The number of benzene rings is 3. The summed E-state index contributed by atoms with van der Waals surface area (Å²) in [4.78, 5) is 45.3. The molecule has 3 aromatic heterocycles. The van der Waals surface area contributed by atoms with E-state index in [2.05, 4.69) is 83.0 Å². The Morgan fingerprint density at radius 3 is 2.51 bits per heavy atom. The molecule has 11 rings (SSSR count). The Balaban J connectivity index is 0.805. The van der Waals surface area contributed by atoms with E-state index >= 15 is 0 Å². The average Bonchev–Trinajstić information content (AvgIpc) is 4.16. The van der Waals surface area contributed by atoms with Gasteiger partial charge in [0.2, 0.25) is 6.79 Å². The fourth-order valence-electron chi connectivity index (χ4n) is 12.3. The minimum absolute atomic E-state index is 0.0186. The van der Waals surface area contributed by atoms with Gasteiger partial charge in [0, 0.05) is 106 Å². The molecule has 0 radical (unpaired) electrons. The maximum atomic E-state index is 14.3. The molecule has 1 amide bonds. The molecule has 77 heavy (non-hydrogen) atoms. The number of aromatic nitrogens is 3. The van der Waals surface area contributed by atoms with Crippen molar-refractivity contribution in [2.75, 3.05) is 63.4 Å². The highest BCUT2D eigenvalue weighted by molar-refractivity contribution is 7.90. The molecule has 1 spiro atoms. The number of ether oxygens (including phenoxy) is 4. The van der Waals surface area contributed by atoms with Gasteiger partial charge in [-0.1, -0.05) is 30.3 Å². The first-order chi connectivity index (χ1) is 37.0. The van der Waals surface area contributed by atoms with Gasteiger partial charge in [-0.2, -0.15) is 0 Å². The number of aromatic amines is 1. The zero-order chi connectivity index (χ0) is 53.6. The van der Waals surface area contributed by atoms with Gasteiger partial charge < -0.3 is 39.3 Å². The Morgan fingerprint density at radius 2 is 1.75 bits per heavy atom. The SMILES string of the molecule is COC(C)c1ccccc1[C@@H]1CN(Cc2ccc(C)nc2)CCN1C1CC2(CCN(c3ccc(C(=O)NS(=O)(=O)c4cc([N+](=O)[O-])c(NCC5CCC(C)(O)CC5)c5c4OCO5)c(Oc4cnc5[nH]ccc5c4)c3)CC2)C1. The van der Waals surface area contributed by atoms with E-state index in [1.807, 2.05) is 19.2 Å². The third-order valence-corrected chi connectivity index (χ3v) is 18.2. The van der Waals surface area contributed by atoms with Gasteiger partial charge in [-0.05, 0) is 130 Å². The number of carbonyl (C=O) groups is 1. The lowest BCUT2D eigenvalue weighted by molar-refractivity contribution is -0.384. The number of carbonyl (C=O) groups excluding carboxylic acids is 1. The van der Waals surface area contributed by atoms with Crippen molar-refractivity contribution < 1.29 is 42.2 Å². The van der Waals surface area contributed by atoms with Crippen molar-refractivity contribution in [3.8, 4) is 23.0 Å². The van der Waals surface area contributed by atoms with Crippen molar-refractivity contribution in [3.05, 3.63) is 129 Å². The molecule has 406 valence electrons. The predicted octanol–water partition coefficient (Wildman–Crippen LogP) is 9.18. The van der Waals surface area contributed by atoms with E-state index in [0.29, 0.717) is 49.7 Å². The minimum atomic E-state index is -4.82. The van der Waals surface area contributed by atoms with Crippen LogP contribution in [0.4, 0.5) is 17.1 Å². The molecule has 2 saturated heterocycles. The summed E-state index contributed by atoms with van der Waals surface area (Å²) in [6, 6.07) is 23.2. The fourth-order valence-corrected chi connectivity index (χ4v) is 13.4. The van der Waals surface area contributed by atoms with Crippen molar-refractivity contribution in [2.45, 2.75) is 107 Å². The summed E-state index contributed by atoms with van der Waals surface area (Å²) in [5.41, 5.74) is 5.01. The van der Waals surface area contributed by atoms with E-state index in [9.17, 15) is 28.4 Å². The highest BCUT2D eigenvalue weighted by Gasteiger charge is 2.50.